The Morgan fingerprint density at radius 3 is 2.57 bits per heavy atom. The first-order valence-electron chi connectivity index (χ1n) is 8.96. The summed E-state index contributed by atoms with van der Waals surface area (Å²) in [6.07, 6.45) is 0. The van der Waals surface area contributed by atoms with Crippen molar-refractivity contribution in [2.75, 3.05) is 25.8 Å². The standard InChI is InChI=1S/C20H20N2O7S/c1-27-17-8-14(19(23)21-12-30-11-16(21)20(24)28-2)15(22(25)26)9-18(17)29-10-13-6-4-3-5-7-13/h3-9,16H,10-12H2,1-2H3/t16-/m0/s1. The van der Waals surface area contributed by atoms with Crippen molar-refractivity contribution in [1.82, 2.24) is 4.90 Å². The third-order valence-electron chi connectivity index (χ3n) is 4.56. The largest absolute Gasteiger partial charge is 0.493 e. The normalized spacial score (nSPS) is 15.5. The van der Waals surface area contributed by atoms with Crippen molar-refractivity contribution in [1.29, 1.82) is 0 Å². The van der Waals surface area contributed by atoms with Gasteiger partial charge in [0.15, 0.2) is 11.5 Å². The van der Waals surface area contributed by atoms with Gasteiger partial charge < -0.3 is 19.1 Å². The molecule has 158 valence electrons. The molecule has 30 heavy (non-hydrogen) atoms. The second-order valence-electron chi connectivity index (χ2n) is 6.37. The lowest BCUT2D eigenvalue weighted by molar-refractivity contribution is -0.385. The molecule has 1 aliphatic heterocycles. The summed E-state index contributed by atoms with van der Waals surface area (Å²) in [6.45, 7) is 0.175. The molecule has 10 heteroatoms. The van der Waals surface area contributed by atoms with E-state index in [9.17, 15) is 19.7 Å². The number of rotatable bonds is 7. The molecule has 1 amide bonds. The van der Waals surface area contributed by atoms with E-state index in [1.807, 2.05) is 30.3 Å². The van der Waals surface area contributed by atoms with Crippen LogP contribution in [0.25, 0.3) is 0 Å². The van der Waals surface area contributed by atoms with Crippen molar-refractivity contribution >= 4 is 29.3 Å². The molecule has 1 saturated heterocycles. The van der Waals surface area contributed by atoms with Gasteiger partial charge in [-0.1, -0.05) is 30.3 Å². The Morgan fingerprint density at radius 2 is 1.93 bits per heavy atom. The lowest BCUT2D eigenvalue weighted by atomic mass is 10.1. The first-order valence-corrected chi connectivity index (χ1v) is 10.1. The highest BCUT2D eigenvalue weighted by Crippen LogP contribution is 2.37. The fraction of sp³-hybridized carbons (Fsp3) is 0.300. The molecule has 2 aromatic rings. The molecule has 0 saturated carbocycles. The van der Waals surface area contributed by atoms with E-state index in [-0.39, 0.29) is 29.5 Å². The Bertz CT molecular complexity index is 952. The number of nitrogens with zero attached hydrogens (tertiary/aromatic N) is 2. The number of hydrogen-bond donors (Lipinski definition) is 0. The van der Waals surface area contributed by atoms with Gasteiger partial charge >= 0.3 is 5.97 Å². The van der Waals surface area contributed by atoms with Crippen molar-refractivity contribution in [3.8, 4) is 11.5 Å². The van der Waals surface area contributed by atoms with Gasteiger partial charge in [0, 0.05) is 11.8 Å². The number of methoxy groups -OCH3 is 2. The number of amides is 1. The molecule has 9 nitrogen and oxygen atoms in total. The first-order chi connectivity index (χ1) is 14.5. The molecule has 2 aromatic carbocycles. The number of ether oxygens (including phenoxy) is 3. The lowest BCUT2D eigenvalue weighted by Gasteiger charge is -2.22. The van der Waals surface area contributed by atoms with Gasteiger partial charge in [-0.3, -0.25) is 14.9 Å². The number of nitro groups is 1. The Kier molecular flexibility index (Phi) is 6.78. The summed E-state index contributed by atoms with van der Waals surface area (Å²) in [5.74, 6) is -0.293. The number of thioether (sulfide) groups is 1. The molecule has 0 bridgehead atoms. The van der Waals surface area contributed by atoms with Crippen LogP contribution in [0.2, 0.25) is 0 Å². The minimum atomic E-state index is -0.799. The molecule has 0 radical (unpaired) electrons. The smallest absolute Gasteiger partial charge is 0.329 e. The van der Waals surface area contributed by atoms with Crippen LogP contribution >= 0.6 is 11.8 Å². The summed E-state index contributed by atoms with van der Waals surface area (Å²) in [6, 6.07) is 10.9. The van der Waals surface area contributed by atoms with Crippen molar-refractivity contribution in [3.63, 3.8) is 0 Å². The van der Waals surface area contributed by atoms with Gasteiger partial charge in [0.25, 0.3) is 11.6 Å². The average Bonchev–Trinajstić information content (AvgIpc) is 3.26. The summed E-state index contributed by atoms with van der Waals surface area (Å²) >= 11 is 1.37. The predicted molar refractivity (Wildman–Crippen MR) is 110 cm³/mol. The molecule has 0 spiro atoms. The predicted octanol–water partition coefficient (Wildman–Crippen LogP) is 2.87. The SMILES string of the molecule is COC(=O)[C@@H]1CSCN1C(=O)c1cc(OC)c(OCc2ccccc2)cc1[N+](=O)[O-]. The molecule has 1 heterocycles. The maximum Gasteiger partial charge on any atom is 0.329 e. The lowest BCUT2D eigenvalue weighted by Crippen LogP contribution is -2.42. The highest BCUT2D eigenvalue weighted by molar-refractivity contribution is 7.99. The van der Waals surface area contributed by atoms with Crippen molar-refractivity contribution in [3.05, 3.63) is 63.7 Å². The van der Waals surface area contributed by atoms with Gasteiger partial charge in [0.2, 0.25) is 0 Å². The molecule has 0 aliphatic carbocycles. The van der Waals surface area contributed by atoms with Crippen LogP contribution < -0.4 is 9.47 Å². The van der Waals surface area contributed by atoms with Crippen LogP contribution in [0.3, 0.4) is 0 Å². The molecule has 0 N–H and O–H groups in total. The van der Waals surface area contributed by atoms with Crippen LogP contribution in [-0.4, -0.2) is 53.6 Å². The van der Waals surface area contributed by atoms with E-state index in [2.05, 4.69) is 0 Å². The van der Waals surface area contributed by atoms with Crippen LogP contribution in [0, 0.1) is 10.1 Å². The van der Waals surface area contributed by atoms with Gasteiger partial charge in [-0.15, -0.1) is 11.8 Å². The monoisotopic (exact) mass is 432 g/mol. The summed E-state index contributed by atoms with van der Waals surface area (Å²) in [5.41, 5.74) is 0.266. The summed E-state index contributed by atoms with van der Waals surface area (Å²) < 4.78 is 15.8. The zero-order valence-corrected chi connectivity index (χ0v) is 17.2. The van der Waals surface area contributed by atoms with E-state index in [0.29, 0.717) is 5.75 Å². The second kappa shape index (κ2) is 9.49. The molecular weight excluding hydrogens is 412 g/mol. The van der Waals surface area contributed by atoms with Gasteiger partial charge in [-0.2, -0.15) is 0 Å². The third-order valence-corrected chi connectivity index (χ3v) is 5.57. The van der Waals surface area contributed by atoms with E-state index in [1.165, 1.54) is 43.0 Å². The molecule has 0 aromatic heterocycles. The summed E-state index contributed by atoms with van der Waals surface area (Å²) in [4.78, 5) is 37.3. The van der Waals surface area contributed by atoms with E-state index < -0.39 is 28.5 Å². The number of hydrogen-bond acceptors (Lipinski definition) is 8. The molecule has 1 fully saturated rings. The summed E-state index contributed by atoms with van der Waals surface area (Å²) in [5, 5.41) is 11.7. The highest BCUT2D eigenvalue weighted by Gasteiger charge is 2.38. The van der Waals surface area contributed by atoms with Crippen LogP contribution in [0.1, 0.15) is 15.9 Å². The third kappa shape index (κ3) is 4.48. The molecular formula is C20H20N2O7S. The summed E-state index contributed by atoms with van der Waals surface area (Å²) in [7, 11) is 2.62. The zero-order chi connectivity index (χ0) is 21.7. The van der Waals surface area contributed by atoms with Crippen LogP contribution in [0.5, 0.6) is 11.5 Å². The number of nitro benzene ring substituents is 1. The maximum atomic E-state index is 13.1. The highest BCUT2D eigenvalue weighted by atomic mass is 32.2. The number of carbonyl (C=O) groups is 2. The van der Waals surface area contributed by atoms with E-state index in [0.717, 1.165) is 5.56 Å². The molecule has 1 atom stereocenters. The molecule has 0 unspecified atom stereocenters. The van der Waals surface area contributed by atoms with Crippen LogP contribution in [-0.2, 0) is 16.1 Å². The van der Waals surface area contributed by atoms with Crippen molar-refractivity contribution < 1.29 is 28.7 Å². The quantitative estimate of drug-likeness (QED) is 0.373. The Hall–Kier alpha value is -3.27. The average molecular weight is 432 g/mol. The maximum absolute atomic E-state index is 13.1. The number of esters is 1. The second-order valence-corrected chi connectivity index (χ2v) is 7.37. The van der Waals surface area contributed by atoms with Crippen LogP contribution in [0.4, 0.5) is 5.69 Å². The van der Waals surface area contributed by atoms with Gasteiger partial charge in [-0.25, -0.2) is 4.79 Å². The van der Waals surface area contributed by atoms with E-state index in [1.54, 1.807) is 0 Å². The number of carbonyl (C=O) groups excluding carboxylic acids is 2. The topological polar surface area (TPSA) is 108 Å². The zero-order valence-electron chi connectivity index (χ0n) is 16.4. The molecule has 3 rings (SSSR count). The Labute approximate surface area is 177 Å². The van der Waals surface area contributed by atoms with Crippen molar-refractivity contribution in [2.24, 2.45) is 0 Å². The van der Waals surface area contributed by atoms with Crippen LogP contribution in [0.15, 0.2) is 42.5 Å². The minimum Gasteiger partial charge on any atom is -0.493 e. The Morgan fingerprint density at radius 1 is 1.20 bits per heavy atom. The fourth-order valence-electron chi connectivity index (χ4n) is 3.01. The minimum absolute atomic E-state index is 0.143. The Balaban J connectivity index is 1.93. The number of benzene rings is 2. The van der Waals surface area contributed by atoms with Gasteiger partial charge in [0.05, 0.1) is 31.1 Å². The van der Waals surface area contributed by atoms with E-state index >= 15 is 0 Å². The van der Waals surface area contributed by atoms with Crippen molar-refractivity contribution in [2.45, 2.75) is 12.6 Å². The van der Waals surface area contributed by atoms with Gasteiger partial charge in [0.1, 0.15) is 18.2 Å². The first kappa shape index (κ1) is 21.4. The van der Waals surface area contributed by atoms with E-state index in [4.69, 9.17) is 14.2 Å². The fourth-order valence-corrected chi connectivity index (χ4v) is 4.15. The molecule has 1 aliphatic rings. The van der Waals surface area contributed by atoms with Gasteiger partial charge in [-0.05, 0) is 5.56 Å².